The number of carboxylic acid groups (broad SMARTS) is 1. The number of piperidine rings is 1. The molecule has 1 aliphatic rings. The molecule has 0 bridgehead atoms. The van der Waals surface area contributed by atoms with Crippen molar-refractivity contribution in [2.75, 3.05) is 6.54 Å². The number of hydrogen-bond acceptors (Lipinski definition) is 2. The van der Waals surface area contributed by atoms with Gasteiger partial charge in [-0.1, -0.05) is 15.9 Å². The summed E-state index contributed by atoms with van der Waals surface area (Å²) in [6.07, 6.45) is 1.93. The molecule has 1 saturated heterocycles. The summed E-state index contributed by atoms with van der Waals surface area (Å²) in [7, 11) is 0. The number of benzene rings is 1. The molecule has 1 atom stereocenters. The molecular weight excluding hydrogens is 317 g/mol. The minimum Gasteiger partial charge on any atom is -0.480 e. The first-order valence-corrected chi connectivity index (χ1v) is 6.79. The van der Waals surface area contributed by atoms with E-state index in [1.807, 2.05) is 0 Å². The molecule has 6 heteroatoms. The zero-order valence-electron chi connectivity index (χ0n) is 10.1. The lowest BCUT2D eigenvalue weighted by Gasteiger charge is -2.33. The Labute approximate surface area is 118 Å². The molecule has 1 aromatic carbocycles. The molecule has 0 spiro atoms. The van der Waals surface area contributed by atoms with Gasteiger partial charge in [-0.15, -0.1) is 0 Å². The highest BCUT2D eigenvalue weighted by Crippen LogP contribution is 2.22. The molecule has 2 rings (SSSR count). The normalized spacial score (nSPS) is 19.3. The highest BCUT2D eigenvalue weighted by molar-refractivity contribution is 9.10. The third kappa shape index (κ3) is 2.94. The fourth-order valence-corrected chi connectivity index (χ4v) is 2.58. The summed E-state index contributed by atoms with van der Waals surface area (Å²) in [6, 6.07) is 3.28. The van der Waals surface area contributed by atoms with E-state index in [9.17, 15) is 14.0 Å². The maximum atomic E-state index is 13.8. The Morgan fingerprint density at radius 2 is 2.11 bits per heavy atom. The molecule has 1 fully saturated rings. The Bertz CT molecular complexity index is 521. The Morgan fingerprint density at radius 3 is 2.74 bits per heavy atom. The van der Waals surface area contributed by atoms with E-state index in [-0.39, 0.29) is 5.56 Å². The number of hydrogen-bond donors (Lipinski definition) is 1. The Kier molecular flexibility index (Phi) is 4.19. The van der Waals surface area contributed by atoms with Crippen LogP contribution in [0.4, 0.5) is 4.39 Å². The second kappa shape index (κ2) is 5.69. The predicted octanol–water partition coefficient (Wildman–Crippen LogP) is 2.67. The van der Waals surface area contributed by atoms with Gasteiger partial charge >= 0.3 is 5.97 Å². The van der Waals surface area contributed by atoms with Gasteiger partial charge in [-0.2, -0.15) is 0 Å². The molecule has 1 heterocycles. The lowest BCUT2D eigenvalue weighted by molar-refractivity contribution is -0.143. The molecule has 0 aliphatic carbocycles. The average molecular weight is 330 g/mol. The first-order chi connectivity index (χ1) is 9.00. The van der Waals surface area contributed by atoms with Crippen LogP contribution in [0.25, 0.3) is 0 Å². The first kappa shape index (κ1) is 14.0. The summed E-state index contributed by atoms with van der Waals surface area (Å²) >= 11 is 3.12. The number of carboxylic acids is 1. The van der Waals surface area contributed by atoms with Gasteiger partial charge in [-0.3, -0.25) is 4.79 Å². The van der Waals surface area contributed by atoms with Crippen molar-refractivity contribution in [2.45, 2.75) is 25.3 Å². The molecule has 0 radical (unpaired) electrons. The van der Waals surface area contributed by atoms with Crippen LogP contribution in [-0.4, -0.2) is 34.5 Å². The van der Waals surface area contributed by atoms with E-state index in [1.54, 1.807) is 6.07 Å². The van der Waals surface area contributed by atoms with Gasteiger partial charge in [0.15, 0.2) is 0 Å². The van der Waals surface area contributed by atoms with Gasteiger partial charge in [0.2, 0.25) is 0 Å². The first-order valence-electron chi connectivity index (χ1n) is 5.99. The Morgan fingerprint density at radius 1 is 1.37 bits per heavy atom. The van der Waals surface area contributed by atoms with Crippen molar-refractivity contribution in [3.8, 4) is 0 Å². The van der Waals surface area contributed by atoms with Crippen molar-refractivity contribution in [2.24, 2.45) is 0 Å². The molecule has 0 aromatic heterocycles. The molecule has 1 aromatic rings. The van der Waals surface area contributed by atoms with Crippen molar-refractivity contribution < 1.29 is 19.1 Å². The van der Waals surface area contributed by atoms with Crippen LogP contribution in [0.3, 0.4) is 0 Å². The van der Waals surface area contributed by atoms with Crippen LogP contribution in [0.5, 0.6) is 0 Å². The third-order valence-corrected chi connectivity index (χ3v) is 3.70. The number of halogens is 2. The number of nitrogens with zero attached hydrogens (tertiary/aromatic N) is 1. The number of aliphatic carboxylic acids is 1. The molecule has 102 valence electrons. The maximum absolute atomic E-state index is 13.8. The van der Waals surface area contributed by atoms with E-state index in [2.05, 4.69) is 15.9 Å². The predicted molar refractivity (Wildman–Crippen MR) is 70.4 cm³/mol. The largest absolute Gasteiger partial charge is 0.480 e. The Balaban J connectivity index is 2.28. The van der Waals surface area contributed by atoms with Crippen molar-refractivity contribution >= 4 is 27.8 Å². The summed E-state index contributed by atoms with van der Waals surface area (Å²) in [5.41, 5.74) is -0.0867. The average Bonchev–Trinajstić information content (AvgIpc) is 2.38. The number of amides is 1. The maximum Gasteiger partial charge on any atom is 0.326 e. The van der Waals surface area contributed by atoms with E-state index in [1.165, 1.54) is 17.0 Å². The second-order valence-electron chi connectivity index (χ2n) is 4.47. The van der Waals surface area contributed by atoms with Crippen LogP contribution in [0.1, 0.15) is 29.6 Å². The van der Waals surface area contributed by atoms with Gasteiger partial charge in [-0.05, 0) is 37.5 Å². The van der Waals surface area contributed by atoms with Crippen LogP contribution in [0.2, 0.25) is 0 Å². The summed E-state index contributed by atoms with van der Waals surface area (Å²) in [6.45, 7) is 0.352. The number of carbonyl (C=O) groups is 2. The SMILES string of the molecule is O=C(O)[C@H]1CCCCN1C(=O)c1ccc(Br)cc1F. The van der Waals surface area contributed by atoms with E-state index in [4.69, 9.17) is 5.11 Å². The van der Waals surface area contributed by atoms with Gasteiger partial charge < -0.3 is 10.0 Å². The highest BCUT2D eigenvalue weighted by Gasteiger charge is 2.33. The van der Waals surface area contributed by atoms with Crippen LogP contribution in [0.15, 0.2) is 22.7 Å². The smallest absolute Gasteiger partial charge is 0.326 e. The molecule has 1 amide bonds. The molecular formula is C13H13BrFNO3. The number of likely N-dealkylation sites (tertiary alicyclic amines) is 1. The zero-order valence-corrected chi connectivity index (χ0v) is 11.7. The van der Waals surface area contributed by atoms with Gasteiger partial charge in [-0.25, -0.2) is 9.18 Å². The third-order valence-electron chi connectivity index (χ3n) is 3.21. The van der Waals surface area contributed by atoms with Gasteiger partial charge in [0.05, 0.1) is 5.56 Å². The summed E-state index contributed by atoms with van der Waals surface area (Å²) < 4.78 is 14.3. The van der Waals surface area contributed by atoms with Crippen molar-refractivity contribution in [3.63, 3.8) is 0 Å². The van der Waals surface area contributed by atoms with Gasteiger partial charge in [0, 0.05) is 11.0 Å². The van der Waals surface area contributed by atoms with E-state index in [0.29, 0.717) is 17.4 Å². The van der Waals surface area contributed by atoms with Crippen molar-refractivity contribution in [3.05, 3.63) is 34.1 Å². The minimum absolute atomic E-state index is 0.0867. The van der Waals surface area contributed by atoms with E-state index in [0.717, 1.165) is 12.8 Å². The molecule has 0 saturated carbocycles. The molecule has 4 nitrogen and oxygen atoms in total. The van der Waals surface area contributed by atoms with Crippen LogP contribution in [-0.2, 0) is 4.79 Å². The van der Waals surface area contributed by atoms with Crippen LogP contribution in [0, 0.1) is 5.82 Å². The second-order valence-corrected chi connectivity index (χ2v) is 5.39. The zero-order chi connectivity index (χ0) is 14.0. The lowest BCUT2D eigenvalue weighted by Crippen LogP contribution is -2.48. The molecule has 1 aliphatic heterocycles. The fourth-order valence-electron chi connectivity index (χ4n) is 2.25. The number of carbonyl (C=O) groups excluding carboxylic acids is 1. The van der Waals surface area contributed by atoms with Gasteiger partial charge in [0.25, 0.3) is 5.91 Å². The summed E-state index contributed by atoms with van der Waals surface area (Å²) in [4.78, 5) is 24.6. The minimum atomic E-state index is -1.04. The topological polar surface area (TPSA) is 57.6 Å². The van der Waals surface area contributed by atoms with Crippen molar-refractivity contribution in [1.29, 1.82) is 0 Å². The Hall–Kier alpha value is -1.43. The number of rotatable bonds is 2. The standard InChI is InChI=1S/C13H13BrFNO3/c14-8-4-5-9(10(15)7-8)12(17)16-6-2-1-3-11(16)13(18)19/h4-5,7,11H,1-3,6H2,(H,18,19)/t11-/m1/s1. The van der Waals surface area contributed by atoms with E-state index < -0.39 is 23.7 Å². The monoisotopic (exact) mass is 329 g/mol. The molecule has 1 N–H and O–H groups in total. The summed E-state index contributed by atoms with van der Waals surface area (Å²) in [5, 5.41) is 9.12. The highest BCUT2D eigenvalue weighted by atomic mass is 79.9. The van der Waals surface area contributed by atoms with Crippen LogP contribution < -0.4 is 0 Å². The quantitative estimate of drug-likeness (QED) is 0.907. The summed E-state index contributed by atoms with van der Waals surface area (Å²) in [5.74, 6) is -2.24. The molecule has 0 unspecified atom stereocenters. The molecule has 19 heavy (non-hydrogen) atoms. The fraction of sp³-hybridized carbons (Fsp3) is 0.385. The van der Waals surface area contributed by atoms with Crippen LogP contribution >= 0.6 is 15.9 Å². The lowest BCUT2D eigenvalue weighted by atomic mass is 10.0. The van der Waals surface area contributed by atoms with Gasteiger partial charge in [0.1, 0.15) is 11.9 Å². The van der Waals surface area contributed by atoms with E-state index >= 15 is 0 Å². The van der Waals surface area contributed by atoms with Crippen molar-refractivity contribution in [1.82, 2.24) is 4.90 Å².